The van der Waals surface area contributed by atoms with Crippen molar-refractivity contribution in [2.75, 3.05) is 41.3 Å². The van der Waals surface area contributed by atoms with E-state index in [0.29, 0.717) is 22.0 Å². The van der Waals surface area contributed by atoms with Gasteiger partial charge in [-0.25, -0.2) is 0 Å². The van der Waals surface area contributed by atoms with Gasteiger partial charge in [0.05, 0.1) is 11.4 Å². The maximum absolute atomic E-state index is 13.5. The van der Waals surface area contributed by atoms with Crippen molar-refractivity contribution in [3.8, 4) is 0 Å². The average molecular weight is 467 g/mol. The molecule has 2 aromatic rings. The molecule has 172 valence electrons. The summed E-state index contributed by atoms with van der Waals surface area (Å²) in [6, 6.07) is 12.2. The van der Waals surface area contributed by atoms with E-state index in [0.717, 1.165) is 57.4 Å². The third kappa shape index (κ3) is 4.29. The summed E-state index contributed by atoms with van der Waals surface area (Å²) in [7, 11) is 0. The highest BCUT2D eigenvalue weighted by Crippen LogP contribution is 2.40. The topological polar surface area (TPSA) is 73.0 Å². The quantitative estimate of drug-likeness (QED) is 0.741. The highest BCUT2D eigenvalue weighted by Gasteiger charge is 2.40. The lowest BCUT2D eigenvalue weighted by atomic mass is 9.95. The molecule has 0 unspecified atom stereocenters. The van der Waals surface area contributed by atoms with Crippen molar-refractivity contribution < 1.29 is 14.4 Å². The van der Waals surface area contributed by atoms with Crippen LogP contribution in [0.25, 0.3) is 0 Å². The Balaban J connectivity index is 1.45. The van der Waals surface area contributed by atoms with E-state index in [4.69, 9.17) is 11.6 Å². The molecule has 2 fully saturated rings. The maximum atomic E-state index is 13.5. The molecule has 33 heavy (non-hydrogen) atoms. The van der Waals surface area contributed by atoms with E-state index < -0.39 is 0 Å². The molecule has 3 amide bonds. The van der Waals surface area contributed by atoms with Gasteiger partial charge in [-0.15, -0.1) is 0 Å². The molecular formula is C25H27ClN4O3. The number of hydrogen-bond acceptors (Lipinski definition) is 4. The second kappa shape index (κ2) is 9.06. The van der Waals surface area contributed by atoms with E-state index in [1.54, 1.807) is 35.2 Å². The van der Waals surface area contributed by atoms with E-state index >= 15 is 0 Å². The lowest BCUT2D eigenvalue weighted by Gasteiger charge is -2.45. The van der Waals surface area contributed by atoms with Crippen LogP contribution in [0.3, 0.4) is 0 Å². The zero-order valence-corrected chi connectivity index (χ0v) is 19.2. The number of rotatable bonds is 4. The average Bonchev–Trinajstić information content (AvgIpc) is 3.37. The zero-order chi connectivity index (χ0) is 22.9. The molecule has 3 heterocycles. The summed E-state index contributed by atoms with van der Waals surface area (Å²) >= 11 is 5.93. The van der Waals surface area contributed by atoms with Gasteiger partial charge < -0.3 is 15.1 Å². The van der Waals surface area contributed by atoms with Gasteiger partial charge in [0.15, 0.2) is 0 Å². The zero-order valence-electron chi connectivity index (χ0n) is 18.4. The van der Waals surface area contributed by atoms with Gasteiger partial charge in [0.25, 0.3) is 5.91 Å². The number of fused-ring (bicyclic) bond motifs is 3. The molecule has 1 N–H and O–H groups in total. The number of carbonyl (C=O) groups is 3. The Kier molecular flexibility index (Phi) is 5.98. The van der Waals surface area contributed by atoms with Gasteiger partial charge in [-0.3, -0.25) is 19.3 Å². The Morgan fingerprint density at radius 2 is 1.67 bits per heavy atom. The second-order valence-electron chi connectivity index (χ2n) is 8.89. The number of nitrogens with one attached hydrogen (secondary N) is 1. The molecule has 5 rings (SSSR count). The second-order valence-corrected chi connectivity index (χ2v) is 9.32. The fourth-order valence-electron chi connectivity index (χ4n) is 5.03. The van der Waals surface area contributed by atoms with Crippen molar-refractivity contribution in [1.82, 2.24) is 4.90 Å². The third-order valence-corrected chi connectivity index (χ3v) is 6.95. The minimum atomic E-state index is -0.294. The van der Waals surface area contributed by atoms with Crippen molar-refractivity contribution in [3.63, 3.8) is 0 Å². The Hall–Kier alpha value is -3.06. The lowest BCUT2D eigenvalue weighted by Crippen LogP contribution is -2.56. The van der Waals surface area contributed by atoms with E-state index in [1.165, 1.54) is 0 Å². The summed E-state index contributed by atoms with van der Waals surface area (Å²) in [6.45, 7) is 2.21. The molecular weight excluding hydrogens is 440 g/mol. The number of hydrogen-bond donors (Lipinski definition) is 1. The Labute approximate surface area is 198 Å². The molecule has 0 saturated carbocycles. The van der Waals surface area contributed by atoms with Crippen molar-refractivity contribution >= 4 is 46.4 Å². The number of anilines is 3. The first kappa shape index (κ1) is 21.8. The highest BCUT2D eigenvalue weighted by molar-refractivity contribution is 6.30. The standard InChI is InChI=1S/C25H27ClN4O3/c26-18-7-9-19(10-8-18)27-23(31)16-30-22-15-17(24(32)28-12-3-4-13-28)6-11-20(22)29-14-2-1-5-21(29)25(30)33/h6-11,15,21H,1-5,12-14,16H2,(H,27,31)/t21-/m0/s1. The SMILES string of the molecule is O=C(CN1C(=O)[C@@H]2CCCCN2c2ccc(C(=O)N3CCCC3)cc21)Nc1ccc(Cl)cc1. The largest absolute Gasteiger partial charge is 0.358 e. The summed E-state index contributed by atoms with van der Waals surface area (Å²) in [5.41, 5.74) is 2.72. The first-order chi connectivity index (χ1) is 16.0. The number of nitrogens with zero attached hydrogens (tertiary/aromatic N) is 3. The molecule has 2 aromatic carbocycles. The van der Waals surface area contributed by atoms with Gasteiger partial charge >= 0.3 is 0 Å². The van der Waals surface area contributed by atoms with E-state index in [-0.39, 0.29) is 30.3 Å². The van der Waals surface area contributed by atoms with Crippen LogP contribution in [0.15, 0.2) is 42.5 Å². The molecule has 0 aromatic heterocycles. The van der Waals surface area contributed by atoms with Crippen molar-refractivity contribution in [2.24, 2.45) is 0 Å². The maximum Gasteiger partial charge on any atom is 0.253 e. The smallest absolute Gasteiger partial charge is 0.253 e. The Bertz CT molecular complexity index is 1080. The minimum absolute atomic E-state index is 0.0194. The lowest BCUT2D eigenvalue weighted by molar-refractivity contribution is -0.123. The van der Waals surface area contributed by atoms with Crippen LogP contribution in [0.4, 0.5) is 17.1 Å². The van der Waals surface area contributed by atoms with Crippen LogP contribution >= 0.6 is 11.6 Å². The first-order valence-corrected chi connectivity index (χ1v) is 12.0. The summed E-state index contributed by atoms with van der Waals surface area (Å²) in [6.07, 6.45) is 4.80. The monoisotopic (exact) mass is 466 g/mol. The molecule has 0 bridgehead atoms. The number of halogens is 1. The first-order valence-electron chi connectivity index (χ1n) is 11.6. The fourth-order valence-corrected chi connectivity index (χ4v) is 5.16. The fraction of sp³-hybridized carbons (Fsp3) is 0.400. The summed E-state index contributed by atoms with van der Waals surface area (Å²) < 4.78 is 0. The van der Waals surface area contributed by atoms with Gasteiger partial charge in [-0.05, 0) is 74.6 Å². The Morgan fingerprint density at radius 1 is 0.939 bits per heavy atom. The summed E-state index contributed by atoms with van der Waals surface area (Å²) in [5.74, 6) is -0.398. The number of likely N-dealkylation sites (tertiary alicyclic amines) is 1. The van der Waals surface area contributed by atoms with Crippen molar-refractivity contribution in [1.29, 1.82) is 0 Å². The van der Waals surface area contributed by atoms with Gasteiger partial charge in [-0.2, -0.15) is 0 Å². The Morgan fingerprint density at radius 3 is 2.42 bits per heavy atom. The highest BCUT2D eigenvalue weighted by atomic mass is 35.5. The normalized spacial score (nSPS) is 19.8. The molecule has 3 aliphatic heterocycles. The molecule has 1 atom stereocenters. The molecule has 8 heteroatoms. The molecule has 7 nitrogen and oxygen atoms in total. The van der Waals surface area contributed by atoms with Crippen LogP contribution in [0.5, 0.6) is 0 Å². The molecule has 3 aliphatic rings. The van der Waals surface area contributed by atoms with Gasteiger partial charge in [0.2, 0.25) is 11.8 Å². The molecule has 0 radical (unpaired) electrons. The van der Waals surface area contributed by atoms with E-state index in [2.05, 4.69) is 10.2 Å². The summed E-state index contributed by atoms with van der Waals surface area (Å²) in [4.78, 5) is 44.9. The molecule has 0 aliphatic carbocycles. The van der Waals surface area contributed by atoms with Crippen LogP contribution in [0.2, 0.25) is 5.02 Å². The van der Waals surface area contributed by atoms with E-state index in [1.807, 2.05) is 17.0 Å². The predicted molar refractivity (Wildman–Crippen MR) is 129 cm³/mol. The van der Waals surface area contributed by atoms with Crippen LogP contribution in [0.1, 0.15) is 42.5 Å². The minimum Gasteiger partial charge on any atom is -0.358 e. The summed E-state index contributed by atoms with van der Waals surface area (Å²) in [5, 5.41) is 3.43. The van der Waals surface area contributed by atoms with Crippen LogP contribution < -0.4 is 15.1 Å². The van der Waals surface area contributed by atoms with Gasteiger partial charge in [-0.1, -0.05) is 11.6 Å². The number of amides is 3. The molecule has 0 spiro atoms. The van der Waals surface area contributed by atoms with Crippen LogP contribution in [-0.2, 0) is 9.59 Å². The van der Waals surface area contributed by atoms with Crippen molar-refractivity contribution in [2.45, 2.75) is 38.1 Å². The van der Waals surface area contributed by atoms with Crippen molar-refractivity contribution in [3.05, 3.63) is 53.1 Å². The third-order valence-electron chi connectivity index (χ3n) is 6.70. The number of carbonyl (C=O) groups excluding carboxylic acids is 3. The number of piperidine rings is 1. The predicted octanol–water partition coefficient (Wildman–Crippen LogP) is 3.92. The van der Waals surface area contributed by atoms with Gasteiger partial charge in [0.1, 0.15) is 12.6 Å². The number of benzene rings is 2. The van der Waals surface area contributed by atoms with Crippen LogP contribution in [-0.4, -0.2) is 54.8 Å². The van der Waals surface area contributed by atoms with Gasteiger partial charge in [0, 0.05) is 35.9 Å². The van der Waals surface area contributed by atoms with Crippen LogP contribution in [0, 0.1) is 0 Å². The molecule has 2 saturated heterocycles. The van der Waals surface area contributed by atoms with E-state index in [9.17, 15) is 14.4 Å².